The molecule has 0 amide bonds. The van der Waals surface area contributed by atoms with E-state index in [1.165, 1.54) is 0 Å². The minimum atomic E-state index is -0.479. The quantitative estimate of drug-likeness (QED) is 0.585. The lowest BCUT2D eigenvalue weighted by molar-refractivity contribution is -0.129. The summed E-state index contributed by atoms with van der Waals surface area (Å²) < 4.78 is 6.16. The summed E-state index contributed by atoms with van der Waals surface area (Å²) in [5.74, 6) is -0.248. The van der Waals surface area contributed by atoms with E-state index in [2.05, 4.69) is 20.9 Å². The maximum Gasteiger partial charge on any atom is 0.363 e. The summed E-state index contributed by atoms with van der Waals surface area (Å²) >= 11 is 9.44. The second-order valence-corrected chi connectivity index (χ2v) is 5.69. The lowest BCUT2D eigenvalue weighted by Crippen LogP contribution is -2.05. The number of benzene rings is 2. The van der Waals surface area contributed by atoms with Crippen LogP contribution in [0.3, 0.4) is 0 Å². The van der Waals surface area contributed by atoms with E-state index in [0.29, 0.717) is 10.6 Å². The highest BCUT2D eigenvalue weighted by atomic mass is 79.9. The second-order valence-electron chi connectivity index (χ2n) is 4.37. The van der Waals surface area contributed by atoms with Gasteiger partial charge in [0.2, 0.25) is 5.90 Å². The maximum atomic E-state index is 11.9. The number of rotatable bonds is 2. The molecule has 0 spiro atoms. The predicted molar refractivity (Wildman–Crippen MR) is 86.2 cm³/mol. The Morgan fingerprint density at radius 1 is 1.10 bits per heavy atom. The molecule has 3 rings (SSSR count). The van der Waals surface area contributed by atoms with E-state index in [1.807, 2.05) is 36.4 Å². The zero-order valence-electron chi connectivity index (χ0n) is 10.7. The molecule has 3 nitrogen and oxygen atoms in total. The van der Waals surface area contributed by atoms with Crippen molar-refractivity contribution in [2.75, 3.05) is 0 Å². The minimum absolute atomic E-state index is 0.231. The van der Waals surface area contributed by atoms with Crippen LogP contribution in [0.5, 0.6) is 0 Å². The molecule has 0 bridgehead atoms. The van der Waals surface area contributed by atoms with Gasteiger partial charge in [-0.2, -0.15) is 0 Å². The normalized spacial score (nSPS) is 16.0. The van der Waals surface area contributed by atoms with Crippen molar-refractivity contribution in [2.24, 2.45) is 4.99 Å². The third kappa shape index (κ3) is 3.06. The van der Waals surface area contributed by atoms with E-state index >= 15 is 0 Å². The van der Waals surface area contributed by atoms with E-state index < -0.39 is 5.97 Å². The zero-order chi connectivity index (χ0) is 14.8. The van der Waals surface area contributed by atoms with Gasteiger partial charge in [0.1, 0.15) is 0 Å². The fourth-order valence-corrected chi connectivity index (χ4v) is 2.36. The van der Waals surface area contributed by atoms with Crippen LogP contribution in [0.2, 0.25) is 5.02 Å². The SMILES string of the molecule is O=C1OC(c2ccccc2Cl)=N/C1=C\c1ccc(Br)cc1. The molecule has 104 valence electrons. The molecule has 0 saturated carbocycles. The van der Waals surface area contributed by atoms with Crippen LogP contribution in [0.15, 0.2) is 63.7 Å². The van der Waals surface area contributed by atoms with Gasteiger partial charge in [0.25, 0.3) is 0 Å². The molecular formula is C16H9BrClNO2. The Kier molecular flexibility index (Phi) is 3.90. The van der Waals surface area contributed by atoms with Crippen molar-refractivity contribution in [3.63, 3.8) is 0 Å². The number of aliphatic imine (C=N–C) groups is 1. The van der Waals surface area contributed by atoms with Crippen molar-refractivity contribution >= 4 is 45.5 Å². The average molecular weight is 363 g/mol. The van der Waals surface area contributed by atoms with E-state index in [1.54, 1.807) is 18.2 Å². The van der Waals surface area contributed by atoms with Gasteiger partial charge in [-0.3, -0.25) is 0 Å². The summed E-state index contributed by atoms with van der Waals surface area (Å²) in [6, 6.07) is 14.7. The zero-order valence-corrected chi connectivity index (χ0v) is 13.1. The summed E-state index contributed by atoms with van der Waals surface area (Å²) in [6.07, 6.45) is 1.68. The van der Waals surface area contributed by atoms with Crippen LogP contribution in [-0.4, -0.2) is 11.9 Å². The molecule has 1 aliphatic heterocycles. The molecule has 2 aromatic rings. The van der Waals surface area contributed by atoms with Crippen LogP contribution >= 0.6 is 27.5 Å². The first kappa shape index (κ1) is 14.0. The van der Waals surface area contributed by atoms with Crippen LogP contribution in [0, 0.1) is 0 Å². The summed E-state index contributed by atoms with van der Waals surface area (Å²) in [5.41, 5.74) is 1.73. The highest BCUT2D eigenvalue weighted by molar-refractivity contribution is 9.10. The topological polar surface area (TPSA) is 38.7 Å². The molecule has 0 aromatic heterocycles. The number of cyclic esters (lactones) is 1. The molecule has 0 radical (unpaired) electrons. The van der Waals surface area contributed by atoms with Gasteiger partial charge in [0.05, 0.1) is 10.6 Å². The highest BCUT2D eigenvalue weighted by Gasteiger charge is 2.25. The van der Waals surface area contributed by atoms with E-state index in [0.717, 1.165) is 10.0 Å². The van der Waals surface area contributed by atoms with E-state index in [-0.39, 0.29) is 11.6 Å². The van der Waals surface area contributed by atoms with Gasteiger partial charge in [0.15, 0.2) is 5.70 Å². The third-order valence-electron chi connectivity index (χ3n) is 2.90. The average Bonchev–Trinajstić information content (AvgIpc) is 2.83. The lowest BCUT2D eigenvalue weighted by Gasteiger charge is -2.00. The number of hydrogen-bond donors (Lipinski definition) is 0. The van der Waals surface area contributed by atoms with Gasteiger partial charge in [-0.15, -0.1) is 0 Å². The third-order valence-corrected chi connectivity index (χ3v) is 3.76. The molecule has 1 heterocycles. The molecule has 5 heteroatoms. The summed E-state index contributed by atoms with van der Waals surface area (Å²) in [4.78, 5) is 16.1. The number of carbonyl (C=O) groups is 1. The van der Waals surface area contributed by atoms with Gasteiger partial charge in [-0.05, 0) is 35.9 Å². The number of hydrogen-bond acceptors (Lipinski definition) is 3. The van der Waals surface area contributed by atoms with Crippen molar-refractivity contribution in [3.8, 4) is 0 Å². The van der Waals surface area contributed by atoms with Crippen molar-refractivity contribution < 1.29 is 9.53 Å². The first-order valence-corrected chi connectivity index (χ1v) is 7.33. The molecule has 0 aliphatic carbocycles. The summed E-state index contributed by atoms with van der Waals surface area (Å²) in [7, 11) is 0. The van der Waals surface area contributed by atoms with Crippen LogP contribution in [-0.2, 0) is 9.53 Å². The molecule has 0 N–H and O–H groups in total. The first-order valence-electron chi connectivity index (χ1n) is 6.16. The molecule has 0 atom stereocenters. The Balaban J connectivity index is 1.96. The lowest BCUT2D eigenvalue weighted by atomic mass is 10.2. The molecular weight excluding hydrogens is 354 g/mol. The summed E-state index contributed by atoms with van der Waals surface area (Å²) in [6.45, 7) is 0. The molecule has 2 aromatic carbocycles. The Hall–Kier alpha value is -1.91. The van der Waals surface area contributed by atoms with Crippen LogP contribution in [0.4, 0.5) is 0 Å². The van der Waals surface area contributed by atoms with E-state index in [4.69, 9.17) is 16.3 Å². The number of nitrogens with zero attached hydrogens (tertiary/aromatic N) is 1. The Bertz CT molecular complexity index is 766. The van der Waals surface area contributed by atoms with Crippen molar-refractivity contribution in [1.82, 2.24) is 0 Å². The fraction of sp³-hybridized carbons (Fsp3) is 0. The molecule has 21 heavy (non-hydrogen) atoms. The maximum absolute atomic E-state index is 11.9. The van der Waals surface area contributed by atoms with Gasteiger partial charge in [-0.1, -0.05) is 51.8 Å². The Morgan fingerprint density at radius 3 is 2.52 bits per heavy atom. The Labute approximate surface area is 135 Å². The van der Waals surface area contributed by atoms with Crippen LogP contribution < -0.4 is 0 Å². The van der Waals surface area contributed by atoms with E-state index in [9.17, 15) is 4.79 Å². The standard InChI is InChI=1S/C16H9BrClNO2/c17-11-7-5-10(6-8-11)9-14-16(20)21-15(19-14)12-3-1-2-4-13(12)18/h1-9H/b14-9-. The van der Waals surface area contributed by atoms with Gasteiger partial charge in [0, 0.05) is 4.47 Å². The molecule has 0 fully saturated rings. The van der Waals surface area contributed by atoms with Crippen molar-refractivity contribution in [3.05, 3.63) is 74.9 Å². The summed E-state index contributed by atoms with van der Waals surface area (Å²) in [5, 5.41) is 0.494. The van der Waals surface area contributed by atoms with Gasteiger partial charge in [-0.25, -0.2) is 9.79 Å². The predicted octanol–water partition coefficient (Wildman–Crippen LogP) is 4.45. The number of ether oxygens (including phenoxy) is 1. The fourth-order valence-electron chi connectivity index (χ4n) is 1.88. The largest absolute Gasteiger partial charge is 0.402 e. The smallest absolute Gasteiger partial charge is 0.363 e. The molecule has 0 unspecified atom stereocenters. The minimum Gasteiger partial charge on any atom is -0.402 e. The number of halogens is 2. The van der Waals surface area contributed by atoms with Crippen molar-refractivity contribution in [1.29, 1.82) is 0 Å². The number of carbonyl (C=O) groups excluding carboxylic acids is 1. The number of esters is 1. The van der Waals surface area contributed by atoms with Gasteiger partial charge < -0.3 is 4.74 Å². The molecule has 1 aliphatic rings. The van der Waals surface area contributed by atoms with Gasteiger partial charge >= 0.3 is 5.97 Å². The monoisotopic (exact) mass is 361 g/mol. The van der Waals surface area contributed by atoms with Crippen LogP contribution in [0.1, 0.15) is 11.1 Å². The van der Waals surface area contributed by atoms with Crippen LogP contribution in [0.25, 0.3) is 6.08 Å². The first-order chi connectivity index (χ1) is 10.1. The molecule has 0 saturated heterocycles. The van der Waals surface area contributed by atoms with Crippen molar-refractivity contribution in [2.45, 2.75) is 0 Å². The Morgan fingerprint density at radius 2 is 1.81 bits per heavy atom. The highest BCUT2D eigenvalue weighted by Crippen LogP contribution is 2.23. The second kappa shape index (κ2) is 5.84.